The van der Waals surface area contributed by atoms with E-state index in [1.165, 1.54) is 63.5 Å². The van der Waals surface area contributed by atoms with E-state index in [0.717, 1.165) is 19.3 Å². The van der Waals surface area contributed by atoms with Crippen molar-refractivity contribution in [3.8, 4) is 11.5 Å². The molecule has 2 heterocycles. The summed E-state index contributed by atoms with van der Waals surface area (Å²) in [5.74, 6) is -1.19. The lowest BCUT2D eigenvalue weighted by molar-refractivity contribution is -0.290. The van der Waals surface area contributed by atoms with Crippen LogP contribution < -0.4 is 21.4 Å². The third-order valence-electron chi connectivity index (χ3n) is 8.72. The van der Waals surface area contributed by atoms with E-state index in [0.29, 0.717) is 6.42 Å². The predicted octanol–water partition coefficient (Wildman–Crippen LogP) is 6.00. The highest BCUT2D eigenvalue weighted by atomic mass is 16.7. The van der Waals surface area contributed by atoms with E-state index >= 15 is 0 Å². The summed E-state index contributed by atoms with van der Waals surface area (Å²) in [6, 6.07) is 2.87. The molecular weight excluding hydrogens is 612 g/mol. The van der Waals surface area contributed by atoms with E-state index in [9.17, 15) is 29.7 Å². The Morgan fingerprint density at radius 2 is 1.60 bits per heavy atom. The van der Waals surface area contributed by atoms with E-state index < -0.39 is 65.9 Å². The standard InChI is InChI=1S/C34H52N2O11/c1-5-6-7-8-9-10-11-12-13-14-15-16-19-43-33(42)36-25-26(38)22-17-18-24(21(2)28(22)45-30(25)40)44-31-27(39)29(46-32(35)41)23(20-37)34(3,4)47-31/h17-18,23,27,29,31,37-39H,5-16,19-20H2,1-4H3,(H2,35,41)(H,36,42)/t23-,27-,29-,31-/m1/s1. The lowest BCUT2D eigenvalue weighted by Gasteiger charge is -2.47. The zero-order valence-corrected chi connectivity index (χ0v) is 28.0. The smallest absolute Gasteiger partial charge is 0.411 e. The first kappa shape index (κ1) is 37.9. The predicted molar refractivity (Wildman–Crippen MR) is 176 cm³/mol. The summed E-state index contributed by atoms with van der Waals surface area (Å²) in [6.45, 7) is 6.77. The van der Waals surface area contributed by atoms with E-state index in [1.807, 2.05) is 0 Å². The molecule has 1 aromatic carbocycles. The number of anilines is 1. The van der Waals surface area contributed by atoms with Gasteiger partial charge < -0.3 is 44.4 Å². The molecule has 0 aliphatic carbocycles. The Balaban J connectivity index is 1.55. The second-order valence-electron chi connectivity index (χ2n) is 12.7. The molecule has 1 aromatic heterocycles. The Labute approximate surface area is 275 Å². The molecule has 1 aliphatic heterocycles. The van der Waals surface area contributed by atoms with E-state index in [2.05, 4.69) is 12.2 Å². The van der Waals surface area contributed by atoms with Crippen LogP contribution in [0.2, 0.25) is 0 Å². The molecule has 3 rings (SSSR count). The number of primary amides is 1. The number of rotatable bonds is 18. The molecule has 0 radical (unpaired) electrons. The average Bonchev–Trinajstić information content (AvgIpc) is 3.01. The highest BCUT2D eigenvalue weighted by Gasteiger charge is 2.52. The second kappa shape index (κ2) is 18.1. The van der Waals surface area contributed by atoms with Gasteiger partial charge in [0.05, 0.1) is 30.1 Å². The monoisotopic (exact) mass is 664 g/mol. The number of nitrogens with two attached hydrogens (primary N) is 1. The molecule has 1 saturated heterocycles. The van der Waals surface area contributed by atoms with Crippen LogP contribution in [0.5, 0.6) is 11.5 Å². The van der Waals surface area contributed by atoms with Crippen molar-refractivity contribution in [2.45, 2.75) is 129 Å². The highest BCUT2D eigenvalue weighted by molar-refractivity contribution is 5.95. The third-order valence-corrected chi connectivity index (χ3v) is 8.72. The number of fused-ring (bicyclic) bond motifs is 1. The van der Waals surface area contributed by atoms with Crippen LogP contribution in [0.25, 0.3) is 11.0 Å². The fraction of sp³-hybridized carbons (Fsp3) is 0.676. The van der Waals surface area contributed by atoms with Crippen LogP contribution in [0.4, 0.5) is 15.3 Å². The van der Waals surface area contributed by atoms with Crippen molar-refractivity contribution in [2.24, 2.45) is 11.7 Å². The number of carbonyl (C=O) groups is 2. The van der Waals surface area contributed by atoms with Crippen molar-refractivity contribution < 1.29 is 48.3 Å². The number of unbranched alkanes of at least 4 members (excludes halogenated alkanes) is 11. The molecule has 4 atom stereocenters. The van der Waals surface area contributed by atoms with Crippen molar-refractivity contribution in [1.29, 1.82) is 0 Å². The van der Waals surface area contributed by atoms with Gasteiger partial charge in [-0.15, -0.1) is 0 Å². The van der Waals surface area contributed by atoms with Crippen LogP contribution in [0, 0.1) is 12.8 Å². The summed E-state index contributed by atoms with van der Waals surface area (Å²) in [4.78, 5) is 36.7. The van der Waals surface area contributed by atoms with Crippen LogP contribution in [0.15, 0.2) is 21.3 Å². The van der Waals surface area contributed by atoms with Gasteiger partial charge >= 0.3 is 17.8 Å². The van der Waals surface area contributed by atoms with E-state index in [4.69, 9.17) is 29.1 Å². The molecule has 1 fully saturated rings. The Kier molecular flexibility index (Phi) is 14.6. The minimum Gasteiger partial charge on any atom is -0.505 e. The van der Waals surface area contributed by atoms with Gasteiger partial charge in [0.2, 0.25) is 6.29 Å². The number of amides is 2. The number of aliphatic hydroxyl groups excluding tert-OH is 2. The Morgan fingerprint density at radius 3 is 2.17 bits per heavy atom. The molecule has 6 N–H and O–H groups in total. The first-order valence-corrected chi connectivity index (χ1v) is 16.7. The highest BCUT2D eigenvalue weighted by Crippen LogP contribution is 2.39. The number of nitrogens with one attached hydrogen (secondary N) is 1. The maximum Gasteiger partial charge on any atom is 0.411 e. The molecule has 264 valence electrons. The minimum atomic E-state index is -1.53. The zero-order valence-electron chi connectivity index (χ0n) is 28.0. The zero-order chi connectivity index (χ0) is 34.6. The van der Waals surface area contributed by atoms with Gasteiger partial charge in [-0.05, 0) is 39.3 Å². The Morgan fingerprint density at radius 1 is 1.00 bits per heavy atom. The molecule has 1 aliphatic rings. The van der Waals surface area contributed by atoms with Gasteiger partial charge in [0.25, 0.3) is 0 Å². The number of carbonyl (C=O) groups excluding carboxylic acids is 2. The second-order valence-corrected chi connectivity index (χ2v) is 12.7. The fourth-order valence-corrected chi connectivity index (χ4v) is 5.92. The molecule has 0 spiro atoms. The van der Waals surface area contributed by atoms with Gasteiger partial charge in [-0.2, -0.15) is 0 Å². The molecule has 2 amide bonds. The topological polar surface area (TPSA) is 200 Å². The molecule has 13 nitrogen and oxygen atoms in total. The number of hydrogen-bond acceptors (Lipinski definition) is 11. The van der Waals surface area contributed by atoms with E-state index in [1.54, 1.807) is 20.8 Å². The number of aromatic hydroxyl groups is 1. The van der Waals surface area contributed by atoms with Crippen molar-refractivity contribution in [3.05, 3.63) is 28.1 Å². The first-order valence-electron chi connectivity index (χ1n) is 16.7. The minimum absolute atomic E-state index is 0.0249. The first-order chi connectivity index (χ1) is 22.4. The van der Waals surface area contributed by atoms with Gasteiger partial charge in [0, 0.05) is 5.56 Å². The summed E-state index contributed by atoms with van der Waals surface area (Å²) in [5.41, 5.74) is 2.87. The van der Waals surface area contributed by atoms with Gasteiger partial charge in [0.1, 0.15) is 17.4 Å². The lowest BCUT2D eigenvalue weighted by Crippen LogP contribution is -2.62. The Bertz CT molecular complexity index is 1380. The summed E-state index contributed by atoms with van der Waals surface area (Å²) < 4.78 is 27.6. The lowest BCUT2D eigenvalue weighted by atomic mass is 9.81. The normalized spacial score (nSPS) is 20.6. The molecule has 13 heteroatoms. The Hall–Kier alpha value is -3.55. The van der Waals surface area contributed by atoms with Gasteiger partial charge in [0.15, 0.2) is 17.5 Å². The van der Waals surface area contributed by atoms with Crippen molar-refractivity contribution in [3.63, 3.8) is 0 Å². The van der Waals surface area contributed by atoms with Gasteiger partial charge in [-0.25, -0.2) is 14.4 Å². The number of benzene rings is 1. The van der Waals surface area contributed by atoms with Crippen LogP contribution in [-0.4, -0.2) is 64.8 Å². The SMILES string of the molecule is CCCCCCCCCCCCCCOC(=O)Nc1c(O)c2ccc(O[C@@H]3OC(C)(C)[C@H](CO)[C@@H](OC(N)=O)[C@H]3O)c(C)c2oc1=O. The summed E-state index contributed by atoms with van der Waals surface area (Å²) in [5, 5.41) is 34.0. The number of aliphatic hydroxyl groups is 2. The van der Waals surface area contributed by atoms with Crippen LogP contribution in [0.1, 0.15) is 103 Å². The number of hydrogen-bond donors (Lipinski definition) is 5. The van der Waals surface area contributed by atoms with Gasteiger partial charge in [-0.1, -0.05) is 77.6 Å². The van der Waals surface area contributed by atoms with Gasteiger partial charge in [-0.3, -0.25) is 5.32 Å². The molecule has 2 aromatic rings. The molecular formula is C34H52N2O11. The fourth-order valence-electron chi connectivity index (χ4n) is 5.92. The number of aryl methyl sites for hydroxylation is 1. The van der Waals surface area contributed by atoms with Crippen molar-refractivity contribution >= 4 is 28.8 Å². The molecule has 0 unspecified atom stereocenters. The van der Waals surface area contributed by atoms with E-state index in [-0.39, 0.29) is 28.9 Å². The third kappa shape index (κ3) is 10.5. The maximum absolute atomic E-state index is 12.8. The number of ether oxygens (including phenoxy) is 4. The van der Waals surface area contributed by atoms with Crippen LogP contribution in [0.3, 0.4) is 0 Å². The summed E-state index contributed by atoms with van der Waals surface area (Å²) in [7, 11) is 0. The molecule has 0 bridgehead atoms. The summed E-state index contributed by atoms with van der Waals surface area (Å²) in [6.07, 6.45) is 8.01. The average molecular weight is 665 g/mol. The van der Waals surface area contributed by atoms with Crippen molar-refractivity contribution in [1.82, 2.24) is 0 Å². The maximum atomic E-state index is 12.8. The quantitative estimate of drug-likeness (QED) is 0.0924. The molecule has 0 saturated carbocycles. The van der Waals surface area contributed by atoms with Crippen molar-refractivity contribution in [2.75, 3.05) is 18.5 Å². The van der Waals surface area contributed by atoms with Crippen LogP contribution >= 0.6 is 0 Å². The van der Waals surface area contributed by atoms with Crippen LogP contribution in [-0.2, 0) is 14.2 Å². The summed E-state index contributed by atoms with van der Waals surface area (Å²) >= 11 is 0. The molecule has 47 heavy (non-hydrogen) atoms. The largest absolute Gasteiger partial charge is 0.505 e.